The maximum Gasteiger partial charge on any atom is 0.255 e. The van der Waals surface area contributed by atoms with E-state index in [2.05, 4.69) is 49.6 Å². The molecule has 0 spiro atoms. The van der Waals surface area contributed by atoms with E-state index in [0.717, 1.165) is 73.9 Å². The molecule has 198 valence electrons. The van der Waals surface area contributed by atoms with Gasteiger partial charge in [0.05, 0.1) is 17.3 Å². The van der Waals surface area contributed by atoms with Crippen LogP contribution in [0.15, 0.2) is 42.9 Å². The van der Waals surface area contributed by atoms with E-state index < -0.39 is 0 Å². The van der Waals surface area contributed by atoms with E-state index in [4.69, 9.17) is 0 Å². The Morgan fingerprint density at radius 2 is 1.74 bits per heavy atom. The second-order valence-corrected chi connectivity index (χ2v) is 10.7. The van der Waals surface area contributed by atoms with E-state index in [-0.39, 0.29) is 23.8 Å². The maximum atomic E-state index is 13.1. The van der Waals surface area contributed by atoms with Crippen molar-refractivity contribution in [3.63, 3.8) is 0 Å². The molecule has 0 unspecified atom stereocenters. The highest BCUT2D eigenvalue weighted by molar-refractivity contribution is 6.02. The molecule has 2 saturated heterocycles. The number of amides is 2. The van der Waals surface area contributed by atoms with Crippen LogP contribution in [0, 0.1) is 5.92 Å². The van der Waals surface area contributed by atoms with Crippen molar-refractivity contribution in [1.82, 2.24) is 34.7 Å². The number of aromatic amines is 1. The summed E-state index contributed by atoms with van der Waals surface area (Å²) in [5.74, 6) is 0.524. The summed E-state index contributed by atoms with van der Waals surface area (Å²) in [6.45, 7) is 3.85. The lowest BCUT2D eigenvalue weighted by molar-refractivity contribution is -0.121. The summed E-state index contributed by atoms with van der Waals surface area (Å²) in [5, 5.41) is 11.5. The predicted molar refractivity (Wildman–Crippen MR) is 147 cm³/mol. The maximum absolute atomic E-state index is 13.1. The van der Waals surface area contributed by atoms with Crippen molar-refractivity contribution in [1.29, 1.82) is 0 Å². The molecule has 3 N–H and O–H groups in total. The Balaban J connectivity index is 1.21. The molecular formula is C28H34N8O2. The van der Waals surface area contributed by atoms with Crippen molar-refractivity contribution in [2.24, 2.45) is 5.92 Å². The standard InChI is InChI=1S/C28H34N8O2/c1-34-10-5-18(6-11-34)27(37)33-25-4-3-21-22(16-29-26(21)32-25)19-7-14-36-24(15-19)23(17-30-36)28(38)31-20-8-12-35(2)13-9-20/h3-4,7,14-18,20H,5-6,8-13H2,1-2H3,(H,31,38)(H2,29,32,33,37). The molecule has 2 aliphatic heterocycles. The van der Waals surface area contributed by atoms with Crippen molar-refractivity contribution < 1.29 is 9.59 Å². The molecule has 6 heterocycles. The lowest BCUT2D eigenvalue weighted by Gasteiger charge is -2.29. The third kappa shape index (κ3) is 4.89. The number of fused-ring (bicyclic) bond motifs is 2. The van der Waals surface area contributed by atoms with Gasteiger partial charge >= 0.3 is 0 Å². The fourth-order valence-corrected chi connectivity index (χ4v) is 5.55. The predicted octanol–water partition coefficient (Wildman–Crippen LogP) is 2.98. The first-order valence-corrected chi connectivity index (χ1v) is 13.4. The van der Waals surface area contributed by atoms with Gasteiger partial charge in [0.15, 0.2) is 0 Å². The third-order valence-electron chi connectivity index (χ3n) is 8.01. The van der Waals surface area contributed by atoms with Crippen LogP contribution in [0.4, 0.5) is 5.82 Å². The van der Waals surface area contributed by atoms with Crippen LogP contribution >= 0.6 is 0 Å². The minimum absolute atomic E-state index is 0.0242. The van der Waals surface area contributed by atoms with Crippen molar-refractivity contribution in [2.75, 3.05) is 45.6 Å². The number of likely N-dealkylation sites (tertiary alicyclic amines) is 2. The number of nitrogens with zero attached hydrogens (tertiary/aromatic N) is 5. The van der Waals surface area contributed by atoms with Crippen LogP contribution < -0.4 is 10.6 Å². The molecule has 0 atom stereocenters. The molecule has 2 amide bonds. The van der Waals surface area contributed by atoms with Gasteiger partial charge in [0, 0.05) is 35.3 Å². The first kappa shape index (κ1) is 24.6. The summed E-state index contributed by atoms with van der Waals surface area (Å²) < 4.78 is 1.73. The molecule has 6 rings (SSSR count). The van der Waals surface area contributed by atoms with Gasteiger partial charge in [-0.15, -0.1) is 0 Å². The fraction of sp³-hybridized carbons (Fsp3) is 0.429. The molecule has 0 saturated carbocycles. The minimum atomic E-state index is -0.0858. The van der Waals surface area contributed by atoms with Crippen LogP contribution in [0.1, 0.15) is 36.0 Å². The number of nitrogens with one attached hydrogen (secondary N) is 3. The highest BCUT2D eigenvalue weighted by Gasteiger charge is 2.24. The molecule has 10 heteroatoms. The number of aromatic nitrogens is 4. The summed E-state index contributed by atoms with van der Waals surface area (Å²) in [5.41, 5.74) is 3.98. The van der Waals surface area contributed by atoms with Crippen molar-refractivity contribution in [3.8, 4) is 11.1 Å². The van der Waals surface area contributed by atoms with E-state index in [0.29, 0.717) is 17.0 Å². The Morgan fingerprint density at radius 1 is 1.00 bits per heavy atom. The number of carbonyl (C=O) groups is 2. The molecule has 0 bridgehead atoms. The second-order valence-electron chi connectivity index (χ2n) is 10.7. The van der Waals surface area contributed by atoms with Gasteiger partial charge in [0.2, 0.25) is 5.91 Å². The lowest BCUT2D eigenvalue weighted by Crippen LogP contribution is -2.43. The zero-order valence-electron chi connectivity index (χ0n) is 21.9. The summed E-state index contributed by atoms with van der Waals surface area (Å²) in [7, 11) is 4.20. The number of anilines is 1. The summed E-state index contributed by atoms with van der Waals surface area (Å²) >= 11 is 0. The van der Waals surface area contributed by atoms with Crippen molar-refractivity contribution >= 4 is 34.2 Å². The molecular weight excluding hydrogens is 480 g/mol. The summed E-state index contributed by atoms with van der Waals surface area (Å²) in [6.07, 6.45) is 9.07. The number of piperidine rings is 2. The van der Waals surface area contributed by atoms with Gasteiger partial charge in [-0.2, -0.15) is 5.10 Å². The van der Waals surface area contributed by atoms with Crippen molar-refractivity contribution in [3.05, 3.63) is 48.4 Å². The van der Waals surface area contributed by atoms with Gasteiger partial charge in [-0.3, -0.25) is 9.59 Å². The van der Waals surface area contributed by atoms with E-state index in [1.165, 1.54) is 0 Å². The van der Waals surface area contributed by atoms with Gasteiger partial charge in [0.1, 0.15) is 11.5 Å². The van der Waals surface area contributed by atoms with Gasteiger partial charge in [-0.05, 0) is 95.8 Å². The van der Waals surface area contributed by atoms with E-state index >= 15 is 0 Å². The molecule has 0 aromatic carbocycles. The summed E-state index contributed by atoms with van der Waals surface area (Å²) in [6, 6.07) is 7.99. The normalized spacial score (nSPS) is 18.3. The van der Waals surface area contributed by atoms with Crippen LogP contribution in [0.2, 0.25) is 0 Å². The molecule has 10 nitrogen and oxygen atoms in total. The van der Waals surface area contributed by atoms with Crippen LogP contribution in [0.5, 0.6) is 0 Å². The van der Waals surface area contributed by atoms with Gasteiger partial charge in [0.25, 0.3) is 5.91 Å². The van der Waals surface area contributed by atoms with Gasteiger partial charge < -0.3 is 25.4 Å². The fourth-order valence-electron chi connectivity index (χ4n) is 5.55. The first-order chi connectivity index (χ1) is 18.4. The Kier molecular flexibility index (Phi) is 6.59. The number of hydrogen-bond donors (Lipinski definition) is 3. The summed E-state index contributed by atoms with van der Waals surface area (Å²) in [4.78, 5) is 38.3. The van der Waals surface area contributed by atoms with Crippen LogP contribution in [-0.2, 0) is 4.79 Å². The Bertz CT molecular complexity index is 1470. The average Bonchev–Trinajstić information content (AvgIpc) is 3.54. The molecule has 2 fully saturated rings. The third-order valence-corrected chi connectivity index (χ3v) is 8.01. The van der Waals surface area contributed by atoms with Crippen LogP contribution in [-0.4, -0.2) is 87.5 Å². The van der Waals surface area contributed by atoms with Crippen LogP contribution in [0.3, 0.4) is 0 Å². The number of rotatable bonds is 5. The second kappa shape index (κ2) is 10.2. The zero-order chi connectivity index (χ0) is 26.2. The number of hydrogen-bond acceptors (Lipinski definition) is 6. The SMILES string of the molecule is CN1CCC(NC(=O)c2cnn3ccc(-c4c[nH]c5nc(NC(=O)C6CCN(C)CC6)ccc45)cc23)CC1. The zero-order valence-corrected chi connectivity index (χ0v) is 21.9. The smallest absolute Gasteiger partial charge is 0.255 e. The number of H-pyrrole nitrogens is 1. The Morgan fingerprint density at radius 3 is 2.50 bits per heavy atom. The molecule has 2 aliphatic rings. The molecule has 4 aromatic heterocycles. The van der Waals surface area contributed by atoms with Crippen molar-refractivity contribution in [2.45, 2.75) is 31.7 Å². The highest BCUT2D eigenvalue weighted by atomic mass is 16.2. The highest BCUT2D eigenvalue weighted by Crippen LogP contribution is 2.30. The quantitative estimate of drug-likeness (QED) is 0.378. The number of carbonyl (C=O) groups excluding carboxylic acids is 2. The Labute approximate surface area is 221 Å². The van der Waals surface area contributed by atoms with Gasteiger partial charge in [-0.1, -0.05) is 0 Å². The van der Waals surface area contributed by atoms with E-state index in [1.54, 1.807) is 10.7 Å². The monoisotopic (exact) mass is 514 g/mol. The molecule has 38 heavy (non-hydrogen) atoms. The molecule has 4 aromatic rings. The number of pyridine rings is 2. The first-order valence-electron chi connectivity index (χ1n) is 13.4. The Hall–Kier alpha value is -3.76. The van der Waals surface area contributed by atoms with Gasteiger partial charge in [-0.25, -0.2) is 9.50 Å². The lowest BCUT2D eigenvalue weighted by atomic mass is 9.96. The topological polar surface area (TPSA) is 111 Å². The van der Waals surface area contributed by atoms with Crippen LogP contribution in [0.25, 0.3) is 27.7 Å². The average molecular weight is 515 g/mol. The minimum Gasteiger partial charge on any atom is -0.349 e. The van der Waals surface area contributed by atoms with E-state index in [9.17, 15) is 9.59 Å². The van der Waals surface area contributed by atoms with E-state index in [1.807, 2.05) is 36.7 Å². The molecule has 0 radical (unpaired) electrons. The largest absolute Gasteiger partial charge is 0.349 e. The molecule has 0 aliphatic carbocycles.